The van der Waals surface area contributed by atoms with E-state index in [0.29, 0.717) is 86.7 Å². The second-order valence-corrected chi connectivity index (χ2v) is 23.8. The van der Waals surface area contributed by atoms with Gasteiger partial charge in [-0.3, -0.25) is 14.4 Å². The number of amides is 3. The molecule has 2 saturated heterocycles. The number of carboxylic acids is 1. The summed E-state index contributed by atoms with van der Waals surface area (Å²) < 4.78 is 15.9. The van der Waals surface area contributed by atoms with Gasteiger partial charge in [0.1, 0.15) is 12.2 Å². The number of nitrogens with zero attached hydrogens (tertiary/aromatic N) is 11. The SMILES string of the molecule is CC(C)c1cnn2c(Nc3cccc(NC(=O)c4ccc(N)cc4)c3)nc(OC3CCN(C)CC3)nc12.CC(C)c1cnn2c(Nc3cccc(NC(=O)c4ccc(NC(=O)/C=C/CN(C)C)cc4)c3)nc(OC3CCN(C)CC3)nc12.CCC.O=C(O)/C=C/CBr. The van der Waals surface area contributed by atoms with Crippen LogP contribution in [0, 0.1) is 0 Å². The van der Waals surface area contributed by atoms with Gasteiger partial charge < -0.3 is 61.6 Å². The Kier molecular flexibility index (Phi) is 26.5. The van der Waals surface area contributed by atoms with Crippen LogP contribution in [-0.4, -0.2) is 161 Å². The molecule has 4 aromatic carbocycles. The molecule has 25 heteroatoms. The number of fused-ring (bicyclic) bond motifs is 2. The van der Waals surface area contributed by atoms with E-state index in [1.807, 2.05) is 79.9 Å². The Balaban J connectivity index is 0.000000230. The fourth-order valence-corrected chi connectivity index (χ4v) is 9.58. The molecule has 8 aromatic rings. The molecule has 2 aliphatic heterocycles. The van der Waals surface area contributed by atoms with Crippen LogP contribution in [0.1, 0.15) is 117 Å². The van der Waals surface area contributed by atoms with Gasteiger partial charge in [0.25, 0.3) is 11.8 Å². The second kappa shape index (κ2) is 34.8. The van der Waals surface area contributed by atoms with Crippen LogP contribution in [0.4, 0.5) is 46.0 Å². The maximum Gasteiger partial charge on any atom is 0.328 e. The number of carbonyl (C=O) groups is 4. The van der Waals surface area contributed by atoms with Crippen molar-refractivity contribution < 1.29 is 33.8 Å². The zero-order chi connectivity index (χ0) is 66.3. The van der Waals surface area contributed by atoms with E-state index in [-0.39, 0.29) is 41.8 Å². The Morgan fingerprint density at radius 1 is 0.620 bits per heavy atom. The highest BCUT2D eigenvalue weighted by Crippen LogP contribution is 2.30. The van der Waals surface area contributed by atoms with Crippen LogP contribution in [0.15, 0.2) is 134 Å². The molecule has 488 valence electrons. The third-order valence-electron chi connectivity index (χ3n) is 14.3. The summed E-state index contributed by atoms with van der Waals surface area (Å²) in [4.78, 5) is 72.8. The highest BCUT2D eigenvalue weighted by molar-refractivity contribution is 9.09. The zero-order valence-corrected chi connectivity index (χ0v) is 55.6. The number of rotatable bonds is 20. The molecule has 0 bridgehead atoms. The minimum Gasteiger partial charge on any atom is -0.478 e. The maximum atomic E-state index is 13.0. The van der Waals surface area contributed by atoms with Gasteiger partial charge >= 0.3 is 18.0 Å². The van der Waals surface area contributed by atoms with Crippen molar-refractivity contribution in [2.75, 3.05) is 98.6 Å². The molecule has 10 rings (SSSR count). The number of carboxylic acid groups (broad SMARTS) is 1. The summed E-state index contributed by atoms with van der Waals surface area (Å²) in [5.74, 6) is -0.213. The summed E-state index contributed by atoms with van der Waals surface area (Å²) in [7, 11) is 8.09. The van der Waals surface area contributed by atoms with E-state index in [2.05, 4.69) is 123 Å². The lowest BCUT2D eigenvalue weighted by molar-refractivity contribution is -0.131. The molecule has 0 spiro atoms. The van der Waals surface area contributed by atoms with Crippen LogP contribution >= 0.6 is 15.9 Å². The van der Waals surface area contributed by atoms with E-state index in [9.17, 15) is 19.2 Å². The predicted molar refractivity (Wildman–Crippen MR) is 368 cm³/mol. The van der Waals surface area contributed by atoms with Crippen molar-refractivity contribution in [3.63, 3.8) is 0 Å². The number of nitrogen functional groups attached to an aromatic ring is 1. The number of allylic oxidation sites excluding steroid dienone is 1. The summed E-state index contributed by atoms with van der Waals surface area (Å²) in [6.07, 6.45) is 14.6. The molecule has 3 amide bonds. The number of halogens is 1. The molecular formula is C67H86BrN17O7. The van der Waals surface area contributed by atoms with E-state index >= 15 is 0 Å². The molecular weight excluding hydrogens is 1230 g/mol. The highest BCUT2D eigenvalue weighted by atomic mass is 79.9. The minimum absolute atomic E-state index is 0.0516. The van der Waals surface area contributed by atoms with Gasteiger partial charge in [0, 0.05) is 107 Å². The summed E-state index contributed by atoms with van der Waals surface area (Å²) in [6.45, 7) is 17.2. The Morgan fingerprint density at radius 2 is 1.04 bits per heavy atom. The van der Waals surface area contributed by atoms with Crippen LogP contribution < -0.4 is 41.8 Å². The first kappa shape index (κ1) is 70.2. The summed E-state index contributed by atoms with van der Waals surface area (Å²) in [5, 5.41) is 33.0. The van der Waals surface area contributed by atoms with E-state index in [4.69, 9.17) is 35.3 Å². The fraction of sp³-hybridized carbons (Fsp3) is 0.373. The minimum atomic E-state index is -0.903. The van der Waals surface area contributed by atoms with Gasteiger partial charge in [0.05, 0.1) is 12.4 Å². The van der Waals surface area contributed by atoms with Crippen LogP contribution in [0.3, 0.4) is 0 Å². The number of likely N-dealkylation sites (tertiary alicyclic amines) is 2. The van der Waals surface area contributed by atoms with E-state index in [0.717, 1.165) is 74.8 Å². The summed E-state index contributed by atoms with van der Waals surface area (Å²) >= 11 is 3.03. The van der Waals surface area contributed by atoms with Gasteiger partial charge in [-0.05, 0) is 151 Å². The largest absolute Gasteiger partial charge is 0.478 e. The number of anilines is 8. The number of carbonyl (C=O) groups excluding carboxylic acids is 3. The van der Waals surface area contributed by atoms with Gasteiger partial charge in [0.15, 0.2) is 11.3 Å². The molecule has 0 unspecified atom stereocenters. The van der Waals surface area contributed by atoms with Crippen molar-refractivity contribution in [1.82, 2.24) is 53.9 Å². The first-order chi connectivity index (χ1) is 44.2. The number of aliphatic carboxylic acids is 1. The molecule has 0 radical (unpaired) electrons. The lowest BCUT2D eigenvalue weighted by Crippen LogP contribution is -2.36. The lowest BCUT2D eigenvalue weighted by atomic mass is 10.1. The number of aromatic nitrogens is 8. The van der Waals surface area contributed by atoms with Crippen molar-refractivity contribution >= 4 is 96.9 Å². The van der Waals surface area contributed by atoms with Crippen LogP contribution in [-0.2, 0) is 9.59 Å². The van der Waals surface area contributed by atoms with Gasteiger partial charge in [-0.2, -0.15) is 39.2 Å². The van der Waals surface area contributed by atoms with E-state index in [1.165, 1.54) is 18.6 Å². The Labute approximate surface area is 546 Å². The average molecular weight is 1320 g/mol. The maximum absolute atomic E-state index is 13.0. The number of benzene rings is 4. The summed E-state index contributed by atoms with van der Waals surface area (Å²) in [5.41, 5.74) is 14.0. The van der Waals surface area contributed by atoms with Gasteiger partial charge in [0.2, 0.25) is 17.8 Å². The normalized spacial score (nSPS) is 13.9. The molecule has 24 nitrogen and oxygen atoms in total. The third-order valence-corrected chi connectivity index (χ3v) is 14.7. The zero-order valence-electron chi connectivity index (χ0n) is 54.1. The van der Waals surface area contributed by atoms with E-state index < -0.39 is 5.97 Å². The number of likely N-dealkylation sites (N-methyl/N-ethyl adjacent to an activating group) is 1. The van der Waals surface area contributed by atoms with Crippen molar-refractivity contribution in [1.29, 1.82) is 0 Å². The number of piperidine rings is 2. The standard InChI is InChI=1S/C33H41N9O3.C27H32N8O2.C4H5BrO2.C3H8/c1-22(2)28-21-34-42-30(28)38-33(45-27-15-18-41(5)19-16-27)39-32(42)37-26-9-6-8-25(20-26)36-31(44)23-11-13-24(14-12-23)35-29(43)10-7-17-40(3)4;1-17(2)23-16-29-35-24(23)32-27(37-22-11-13-34(3)14-12-22)33-26(35)31-21-6-4-5-20(15-21)30-25(36)18-7-9-19(28)10-8-18;5-3-1-2-4(6)7;1-3-2/h6-14,20-22,27H,15-19H2,1-5H3,(H,35,43)(H,36,44)(H,37,38,39);4-10,15-17,22H,11-14,28H2,1-3H3,(H,30,36)(H,31,32,33);1-2H,3H2,(H,6,7);3H2,1-2H3/b10-7+;;2-1+;. The Hall–Kier alpha value is -9.30. The average Bonchev–Trinajstić information content (AvgIpc) is 1.61. The van der Waals surface area contributed by atoms with Gasteiger partial charge in [-0.25, -0.2) is 4.79 Å². The van der Waals surface area contributed by atoms with Crippen LogP contribution in [0.2, 0.25) is 0 Å². The number of nitrogens with two attached hydrogens (primary N) is 1. The van der Waals surface area contributed by atoms with Crippen molar-refractivity contribution in [2.45, 2.75) is 97.7 Å². The van der Waals surface area contributed by atoms with Gasteiger partial charge in [-0.1, -0.05) is 88.2 Å². The molecule has 0 atom stereocenters. The van der Waals surface area contributed by atoms with Crippen molar-refractivity contribution in [3.8, 4) is 12.0 Å². The first-order valence-electron chi connectivity index (χ1n) is 30.8. The predicted octanol–water partition coefficient (Wildman–Crippen LogP) is 11.5. The second-order valence-electron chi connectivity index (χ2n) is 23.2. The van der Waals surface area contributed by atoms with Crippen molar-refractivity contribution in [2.24, 2.45) is 0 Å². The lowest BCUT2D eigenvalue weighted by Gasteiger charge is -2.28. The van der Waals surface area contributed by atoms with Crippen LogP contribution in [0.25, 0.3) is 11.3 Å². The molecule has 4 aromatic heterocycles. The van der Waals surface area contributed by atoms with Crippen LogP contribution in [0.5, 0.6) is 12.0 Å². The third kappa shape index (κ3) is 21.4. The molecule has 0 saturated carbocycles. The Morgan fingerprint density at radius 3 is 1.43 bits per heavy atom. The number of alkyl halides is 1. The van der Waals surface area contributed by atoms with E-state index in [1.54, 1.807) is 63.6 Å². The van der Waals surface area contributed by atoms with Crippen molar-refractivity contribution in [3.05, 3.63) is 156 Å². The number of ether oxygens (including phenoxy) is 2. The molecule has 0 aliphatic carbocycles. The number of hydrogen-bond donors (Lipinski definition) is 7. The molecule has 8 N–H and O–H groups in total. The topological polar surface area (TPSA) is 289 Å². The molecule has 2 fully saturated rings. The summed E-state index contributed by atoms with van der Waals surface area (Å²) in [6, 6.07) is 29.0. The first-order valence-corrected chi connectivity index (χ1v) is 31.9. The molecule has 6 heterocycles. The van der Waals surface area contributed by atoms with Gasteiger partial charge in [-0.15, -0.1) is 0 Å². The Bertz CT molecular complexity index is 3760. The smallest absolute Gasteiger partial charge is 0.328 e. The fourth-order valence-electron chi connectivity index (χ4n) is 9.39. The number of nitrogens with one attached hydrogen (secondary N) is 5. The molecule has 92 heavy (non-hydrogen) atoms. The quantitative estimate of drug-likeness (QED) is 0.0212. The molecule has 2 aliphatic rings. The number of hydrogen-bond acceptors (Lipinski definition) is 18. The highest BCUT2D eigenvalue weighted by Gasteiger charge is 2.24. The monoisotopic (exact) mass is 1320 g/mol.